The van der Waals surface area contributed by atoms with Crippen molar-refractivity contribution in [2.24, 2.45) is 5.16 Å². The number of β-lactam (4-membered cyclic amide) rings is 1. The van der Waals surface area contributed by atoms with Gasteiger partial charge in [0.15, 0.2) is 23.2 Å². The van der Waals surface area contributed by atoms with E-state index in [9.17, 15) is 24.3 Å². The summed E-state index contributed by atoms with van der Waals surface area (Å²) >= 11 is 3.85. The molecule has 2 aliphatic rings. The minimum atomic E-state index is -1.23. The zero-order chi connectivity index (χ0) is 27.4. The molecular weight excluding hydrogens is 579 g/mol. The van der Waals surface area contributed by atoms with Crippen LogP contribution in [0.15, 0.2) is 51.2 Å². The number of pyridine rings is 1. The van der Waals surface area contributed by atoms with Crippen LogP contribution in [-0.2, 0) is 30.6 Å². The zero-order valence-electron chi connectivity index (χ0n) is 19.9. The summed E-state index contributed by atoms with van der Waals surface area (Å²) in [6.45, 7) is 1.75. The van der Waals surface area contributed by atoms with Crippen LogP contribution >= 0.6 is 34.9 Å². The second kappa shape index (κ2) is 13.6. The van der Waals surface area contributed by atoms with E-state index in [0.29, 0.717) is 17.1 Å². The Labute approximate surface area is 257 Å². The van der Waals surface area contributed by atoms with E-state index in [-0.39, 0.29) is 64.9 Å². The molecule has 0 saturated carbocycles. The number of nitrogen functional groups attached to an aromatic ring is 1. The number of hydrogen-bond donors (Lipinski definition) is 4. The summed E-state index contributed by atoms with van der Waals surface area (Å²) in [5, 5.41) is 26.4. The number of carboxylic acids is 2. The first-order chi connectivity index (χ1) is 18.2. The van der Waals surface area contributed by atoms with E-state index in [2.05, 4.69) is 15.5 Å². The normalized spacial score (nSPS) is 18.5. The third kappa shape index (κ3) is 7.12. The molecule has 2 atom stereocenters. The first-order valence-electron chi connectivity index (χ1n) is 11.2. The molecule has 5 N–H and O–H groups in total. The second-order valence-electron chi connectivity index (χ2n) is 7.94. The van der Waals surface area contributed by atoms with Crippen LogP contribution in [-0.4, -0.2) is 109 Å². The Morgan fingerprint density at radius 1 is 1.33 bits per heavy atom. The van der Waals surface area contributed by atoms with Gasteiger partial charge in [0.05, 0.1) is 0 Å². The third-order valence-corrected chi connectivity index (χ3v) is 8.50. The van der Waals surface area contributed by atoms with Crippen molar-refractivity contribution in [1.82, 2.24) is 15.2 Å². The molecule has 1 fully saturated rings. The fourth-order valence-electron chi connectivity index (χ4n) is 3.71. The number of thioether (sulfide) groups is 2. The van der Waals surface area contributed by atoms with Gasteiger partial charge in [0, 0.05) is 33.9 Å². The van der Waals surface area contributed by atoms with E-state index in [4.69, 9.17) is 15.7 Å². The van der Waals surface area contributed by atoms with Crippen LogP contribution in [0.4, 0.5) is 5.13 Å². The topological polar surface area (TPSA) is 188 Å². The molecule has 2 amide bonds. The van der Waals surface area contributed by atoms with Crippen LogP contribution < -0.4 is 15.6 Å². The molecule has 4 heterocycles. The molecule has 4 rings (SSSR count). The monoisotopic (exact) mass is 603 g/mol. The van der Waals surface area contributed by atoms with E-state index < -0.39 is 35.2 Å². The van der Waals surface area contributed by atoms with Crippen molar-refractivity contribution in [3.8, 4) is 0 Å². The van der Waals surface area contributed by atoms with Gasteiger partial charge in [-0.05, 0) is 12.5 Å². The van der Waals surface area contributed by atoms with Gasteiger partial charge in [0.25, 0.3) is 11.8 Å². The Balaban J connectivity index is 0.00000420. The molecule has 0 aliphatic carbocycles. The summed E-state index contributed by atoms with van der Waals surface area (Å²) in [6.07, 6.45) is 3.26. The summed E-state index contributed by atoms with van der Waals surface area (Å²) in [7, 11) is 0. The molecule has 39 heavy (non-hydrogen) atoms. The third-order valence-electron chi connectivity index (χ3n) is 5.39. The number of aromatic nitrogens is 2. The fourth-order valence-corrected chi connectivity index (χ4v) is 6.62. The van der Waals surface area contributed by atoms with E-state index >= 15 is 0 Å². The van der Waals surface area contributed by atoms with Crippen LogP contribution in [0.3, 0.4) is 0 Å². The average molecular weight is 604 g/mol. The number of anilines is 1. The Morgan fingerprint density at radius 2 is 2.05 bits per heavy atom. The molecule has 0 aromatic carbocycles. The number of nitrogens with one attached hydrogen (secondary N) is 1. The molecule has 2 aliphatic heterocycles. The Hall–Kier alpha value is -2.63. The Kier molecular flexibility index (Phi) is 10.8. The number of carbonyl (C=O) groups excluding carboxylic acids is 2. The number of oxime groups is 1. The number of amides is 2. The predicted octanol–water partition coefficient (Wildman–Crippen LogP) is -0.280. The van der Waals surface area contributed by atoms with Gasteiger partial charge in [-0.25, -0.2) is 14.6 Å². The molecule has 2 aromatic rings. The van der Waals surface area contributed by atoms with E-state index in [1.807, 2.05) is 0 Å². The van der Waals surface area contributed by atoms with Gasteiger partial charge in [-0.1, -0.05) is 5.16 Å². The second-order valence-corrected chi connectivity index (χ2v) is 11.0. The molecule has 0 radical (unpaired) electrons. The first kappa shape index (κ1) is 30.9. The number of carboxylic acid groups (broad SMARTS) is 2. The molecular formula is C22H24N6NaO7S3+. The van der Waals surface area contributed by atoms with Crippen LogP contribution in [0, 0.1) is 0 Å². The summed E-state index contributed by atoms with van der Waals surface area (Å²) in [5.41, 5.74) is 6.22. The van der Waals surface area contributed by atoms with Crippen molar-refractivity contribution < 1.29 is 38.8 Å². The number of thiazole rings is 1. The molecule has 2 aromatic heterocycles. The van der Waals surface area contributed by atoms with Gasteiger partial charge in [0.2, 0.25) is 6.54 Å². The number of nitrogens with zero attached hydrogens (tertiary/aromatic N) is 4. The van der Waals surface area contributed by atoms with E-state index in [1.54, 1.807) is 36.8 Å². The number of nitrogens with two attached hydrogens (primary N) is 1. The van der Waals surface area contributed by atoms with Crippen molar-refractivity contribution in [3.05, 3.63) is 46.9 Å². The van der Waals surface area contributed by atoms with Crippen molar-refractivity contribution in [2.75, 3.05) is 23.8 Å². The minimum absolute atomic E-state index is 0. The number of aliphatic carboxylic acids is 2. The quantitative estimate of drug-likeness (QED) is 0.0660. The molecule has 13 nitrogen and oxygen atoms in total. The van der Waals surface area contributed by atoms with Crippen LogP contribution in [0.5, 0.6) is 0 Å². The maximum atomic E-state index is 13.0. The molecule has 0 unspecified atom stereocenters. The predicted molar refractivity (Wildman–Crippen MR) is 147 cm³/mol. The van der Waals surface area contributed by atoms with Crippen molar-refractivity contribution in [3.63, 3.8) is 0 Å². The van der Waals surface area contributed by atoms with Crippen molar-refractivity contribution in [2.45, 2.75) is 29.8 Å². The van der Waals surface area contributed by atoms with Crippen LogP contribution in [0.1, 0.15) is 12.6 Å². The first-order valence-corrected chi connectivity index (χ1v) is 14.1. The number of carbonyl (C=O) groups is 4. The fraction of sp³-hybridized carbons (Fsp3) is 0.318. The summed E-state index contributed by atoms with van der Waals surface area (Å²) in [4.78, 5) is 60.0. The van der Waals surface area contributed by atoms with Crippen molar-refractivity contribution in [1.29, 1.82) is 0 Å². The SMILES string of the molecule is CCO/N=C(\C(=O)N[C@@H]1C(=O)N2C(C(=O)O)=C(CSc3cc[n+](CC(=O)O)cc3)CS[C@H]12)c1csc(N)n1.[NaH]. The van der Waals surface area contributed by atoms with Gasteiger partial charge in [-0.2, -0.15) is 4.57 Å². The van der Waals surface area contributed by atoms with Gasteiger partial charge in [-0.15, -0.1) is 34.9 Å². The van der Waals surface area contributed by atoms with E-state index in [1.165, 1.54) is 33.0 Å². The van der Waals surface area contributed by atoms with E-state index in [0.717, 1.165) is 16.2 Å². The molecule has 1 saturated heterocycles. The van der Waals surface area contributed by atoms with Gasteiger partial charge in [-0.3, -0.25) is 14.5 Å². The van der Waals surface area contributed by atoms with Gasteiger partial charge in [0.1, 0.15) is 29.4 Å². The molecule has 202 valence electrons. The number of rotatable bonds is 11. The standard InChI is InChI=1S/C22H22N6O7S3.Na.H/c1-2-35-26-15(13-10-38-22(23)24-13)18(31)25-16-19(32)28-17(21(33)34)11(9-37-20(16)28)8-36-12-3-5-27(6-4-12)7-14(29)30;;/h3-6,10,16,20H,2,7-9H2,1H3,(H4-,23,24,25,29,30,31,33,34);;/p+1/b26-15-;;/t16-,20-;;/m1../s1. The number of hydrogen-bond acceptors (Lipinski definition) is 11. The van der Waals surface area contributed by atoms with Crippen LogP contribution in [0.25, 0.3) is 0 Å². The average Bonchev–Trinajstić information content (AvgIpc) is 3.31. The number of fused-ring (bicyclic) bond motifs is 1. The Morgan fingerprint density at radius 3 is 2.64 bits per heavy atom. The summed E-state index contributed by atoms with van der Waals surface area (Å²) in [6, 6.07) is 2.54. The molecule has 0 spiro atoms. The Bertz CT molecular complexity index is 1330. The summed E-state index contributed by atoms with van der Waals surface area (Å²) in [5.74, 6) is -2.74. The summed E-state index contributed by atoms with van der Waals surface area (Å²) < 4.78 is 1.51. The zero-order valence-corrected chi connectivity index (χ0v) is 22.3. The van der Waals surface area contributed by atoms with Crippen molar-refractivity contribution >= 4 is 99.0 Å². The van der Waals surface area contributed by atoms with Gasteiger partial charge >= 0.3 is 41.5 Å². The molecule has 17 heteroatoms. The van der Waals surface area contributed by atoms with Gasteiger partial charge < -0.3 is 26.1 Å². The molecule has 0 bridgehead atoms. The maximum absolute atomic E-state index is 13.0. The van der Waals surface area contributed by atoms with Crippen LogP contribution in [0.2, 0.25) is 0 Å².